The van der Waals surface area contributed by atoms with Gasteiger partial charge in [0.25, 0.3) is 0 Å². The zero-order valence-electron chi connectivity index (χ0n) is 12.3. The lowest BCUT2D eigenvalue weighted by atomic mass is 10.1. The molecule has 0 fully saturated rings. The summed E-state index contributed by atoms with van der Waals surface area (Å²) < 4.78 is 51.0. The molecular weight excluding hydrogens is 342 g/mol. The van der Waals surface area contributed by atoms with Crippen LogP contribution in [0.3, 0.4) is 0 Å². The van der Waals surface area contributed by atoms with Crippen LogP contribution < -0.4 is 5.73 Å². The van der Waals surface area contributed by atoms with Gasteiger partial charge in [-0.1, -0.05) is 13.8 Å². The average molecular weight is 355 g/mol. The molecule has 0 radical (unpaired) electrons. The van der Waals surface area contributed by atoms with Crippen molar-refractivity contribution in [2.24, 2.45) is 11.7 Å². The van der Waals surface area contributed by atoms with E-state index in [2.05, 4.69) is 0 Å². The van der Waals surface area contributed by atoms with Crippen molar-refractivity contribution >= 4 is 17.9 Å². The maximum atomic E-state index is 12.9. The second-order valence-corrected chi connectivity index (χ2v) is 4.72. The summed E-state index contributed by atoms with van der Waals surface area (Å²) in [5, 5.41) is 25.0. The molecule has 1 aromatic rings. The van der Waals surface area contributed by atoms with Gasteiger partial charge in [-0.25, -0.2) is 27.2 Å². The van der Waals surface area contributed by atoms with Gasteiger partial charge in [-0.3, -0.25) is 4.79 Å². The Hall–Kier alpha value is -2.69. The van der Waals surface area contributed by atoms with Crippen molar-refractivity contribution in [3.8, 4) is 0 Å². The minimum atomic E-state index is -2.38. The maximum absolute atomic E-state index is 12.9. The molecule has 1 unspecified atom stereocenters. The van der Waals surface area contributed by atoms with Crippen molar-refractivity contribution in [1.29, 1.82) is 0 Å². The highest BCUT2D eigenvalue weighted by Crippen LogP contribution is 2.24. The monoisotopic (exact) mass is 355 g/mol. The van der Waals surface area contributed by atoms with E-state index < -0.39 is 58.3 Å². The lowest BCUT2D eigenvalue weighted by Crippen LogP contribution is -2.34. The van der Waals surface area contributed by atoms with Gasteiger partial charge < -0.3 is 21.1 Å². The molecule has 7 nitrogen and oxygen atoms in total. The first-order valence-electron chi connectivity index (χ1n) is 6.15. The highest BCUT2D eigenvalue weighted by atomic mass is 19.2. The number of aromatic carboxylic acids is 2. The molecule has 0 aliphatic carbocycles. The number of carboxylic acid groups (broad SMARTS) is 3. The largest absolute Gasteiger partial charge is 0.480 e. The van der Waals surface area contributed by atoms with Crippen molar-refractivity contribution in [3.05, 3.63) is 34.4 Å². The standard InChI is InChI=1S/C8H2F4O4.C5H11NO2/c9-3-1(7(13)14)2(8(15)16)4(10)6(12)5(3)11;1-3(2)4(6)5(7)8/h(H,13,14)(H,15,16);3-4H,6H2,1-2H3,(H,7,8). The van der Waals surface area contributed by atoms with Crippen LogP contribution in [0.4, 0.5) is 17.6 Å². The first kappa shape index (κ1) is 21.3. The van der Waals surface area contributed by atoms with Crippen LogP contribution in [0.5, 0.6) is 0 Å². The number of nitrogens with two attached hydrogens (primary N) is 1. The second-order valence-electron chi connectivity index (χ2n) is 4.72. The third-order valence-corrected chi connectivity index (χ3v) is 2.70. The Kier molecular flexibility index (Phi) is 7.32. The van der Waals surface area contributed by atoms with Crippen LogP contribution in [0.1, 0.15) is 34.6 Å². The Bertz CT molecular complexity index is 632. The van der Waals surface area contributed by atoms with Gasteiger partial charge in [0, 0.05) is 0 Å². The fourth-order valence-electron chi connectivity index (χ4n) is 1.32. The van der Waals surface area contributed by atoms with E-state index in [-0.39, 0.29) is 5.92 Å². The molecule has 1 rings (SSSR count). The fraction of sp³-hybridized carbons (Fsp3) is 0.308. The average Bonchev–Trinajstić information content (AvgIpc) is 2.47. The molecule has 11 heteroatoms. The third kappa shape index (κ3) is 4.65. The number of halogens is 4. The van der Waals surface area contributed by atoms with Crippen LogP contribution in [0.25, 0.3) is 0 Å². The molecule has 5 N–H and O–H groups in total. The van der Waals surface area contributed by atoms with Gasteiger partial charge in [0.1, 0.15) is 17.2 Å². The number of hydrogen-bond acceptors (Lipinski definition) is 4. The normalized spacial score (nSPS) is 11.5. The van der Waals surface area contributed by atoms with Crippen LogP contribution in [0.15, 0.2) is 0 Å². The lowest BCUT2D eigenvalue weighted by Gasteiger charge is -2.07. The van der Waals surface area contributed by atoms with Crippen LogP contribution in [-0.4, -0.2) is 39.3 Å². The summed E-state index contributed by atoms with van der Waals surface area (Å²) in [5.74, 6) is -14.6. The Morgan fingerprint density at radius 1 is 0.792 bits per heavy atom. The molecule has 0 aliphatic rings. The molecule has 0 spiro atoms. The summed E-state index contributed by atoms with van der Waals surface area (Å²) in [6, 6.07) is -0.713. The van der Waals surface area contributed by atoms with E-state index in [9.17, 15) is 31.9 Å². The van der Waals surface area contributed by atoms with Gasteiger partial charge in [-0.05, 0) is 5.92 Å². The van der Waals surface area contributed by atoms with E-state index in [1.54, 1.807) is 13.8 Å². The second kappa shape index (κ2) is 8.24. The summed E-state index contributed by atoms with van der Waals surface area (Å²) in [7, 11) is 0. The SMILES string of the molecule is CC(C)C(N)C(=O)O.O=C(O)c1c(F)c(F)c(F)c(F)c1C(=O)O. The molecule has 134 valence electrons. The molecule has 0 heterocycles. The van der Waals surface area contributed by atoms with E-state index in [1.165, 1.54) is 0 Å². The summed E-state index contributed by atoms with van der Waals surface area (Å²) in [4.78, 5) is 30.8. The Morgan fingerprint density at radius 2 is 1.08 bits per heavy atom. The zero-order chi connectivity index (χ0) is 19.4. The van der Waals surface area contributed by atoms with Crippen molar-refractivity contribution in [1.82, 2.24) is 0 Å². The number of rotatable bonds is 4. The molecule has 0 saturated heterocycles. The topological polar surface area (TPSA) is 138 Å². The van der Waals surface area contributed by atoms with Crippen LogP contribution in [-0.2, 0) is 4.79 Å². The van der Waals surface area contributed by atoms with Gasteiger partial charge in [-0.2, -0.15) is 0 Å². The molecule has 0 saturated carbocycles. The fourth-order valence-corrected chi connectivity index (χ4v) is 1.32. The molecule has 1 aromatic carbocycles. The molecule has 0 amide bonds. The van der Waals surface area contributed by atoms with Gasteiger partial charge in [-0.15, -0.1) is 0 Å². The van der Waals surface area contributed by atoms with Crippen LogP contribution >= 0.6 is 0 Å². The molecule has 0 aliphatic heterocycles. The van der Waals surface area contributed by atoms with Crippen molar-refractivity contribution in [3.63, 3.8) is 0 Å². The van der Waals surface area contributed by atoms with Gasteiger partial charge in [0.15, 0.2) is 23.3 Å². The van der Waals surface area contributed by atoms with E-state index >= 15 is 0 Å². The van der Waals surface area contributed by atoms with E-state index in [4.69, 9.17) is 21.1 Å². The molecule has 24 heavy (non-hydrogen) atoms. The van der Waals surface area contributed by atoms with Crippen molar-refractivity contribution in [2.45, 2.75) is 19.9 Å². The number of aliphatic carboxylic acids is 1. The van der Waals surface area contributed by atoms with E-state index in [1.807, 2.05) is 0 Å². The molecular formula is C13H13F4NO6. The van der Waals surface area contributed by atoms with Gasteiger partial charge >= 0.3 is 17.9 Å². The summed E-state index contributed by atoms with van der Waals surface area (Å²) in [6.45, 7) is 3.55. The van der Waals surface area contributed by atoms with Gasteiger partial charge in [0.2, 0.25) is 0 Å². The zero-order valence-corrected chi connectivity index (χ0v) is 12.3. The first-order valence-corrected chi connectivity index (χ1v) is 6.15. The minimum Gasteiger partial charge on any atom is -0.480 e. The van der Waals surface area contributed by atoms with Gasteiger partial charge in [0.05, 0.1) is 0 Å². The van der Waals surface area contributed by atoms with Crippen molar-refractivity contribution < 1.29 is 47.3 Å². The lowest BCUT2D eigenvalue weighted by molar-refractivity contribution is -0.139. The number of carboxylic acids is 3. The van der Waals surface area contributed by atoms with Crippen molar-refractivity contribution in [2.75, 3.05) is 0 Å². The van der Waals surface area contributed by atoms with Crippen LogP contribution in [0.2, 0.25) is 0 Å². The minimum absolute atomic E-state index is 0.0208. The summed E-state index contributed by atoms with van der Waals surface area (Å²) in [6.07, 6.45) is 0. The first-order chi connectivity index (χ1) is 10.8. The maximum Gasteiger partial charge on any atom is 0.339 e. The van der Waals surface area contributed by atoms with Crippen LogP contribution in [0, 0.1) is 29.2 Å². The molecule has 0 aromatic heterocycles. The Labute approximate surface area is 132 Å². The number of benzene rings is 1. The molecule has 1 atom stereocenters. The summed E-state index contributed by atoms with van der Waals surface area (Å²) >= 11 is 0. The predicted octanol–water partition coefficient (Wildman–Crippen LogP) is 1.69. The number of carbonyl (C=O) groups is 3. The highest BCUT2D eigenvalue weighted by Gasteiger charge is 2.32. The van der Waals surface area contributed by atoms with E-state index in [0.29, 0.717) is 0 Å². The quantitative estimate of drug-likeness (QED) is 0.366. The number of hydrogen-bond donors (Lipinski definition) is 4. The summed E-state index contributed by atoms with van der Waals surface area (Å²) in [5.41, 5.74) is 1.64. The smallest absolute Gasteiger partial charge is 0.339 e. The predicted molar refractivity (Wildman–Crippen MR) is 70.6 cm³/mol. The third-order valence-electron chi connectivity index (χ3n) is 2.70. The van der Waals surface area contributed by atoms with E-state index in [0.717, 1.165) is 0 Å². The Balaban J connectivity index is 0.000000561. The highest BCUT2D eigenvalue weighted by molar-refractivity contribution is 6.02. The Morgan fingerprint density at radius 3 is 1.21 bits per heavy atom. The molecule has 0 bridgehead atoms.